The number of ether oxygens (including phenoxy) is 1. The molecule has 2 aromatic carbocycles. The Labute approximate surface area is 168 Å². The molecule has 3 amide bonds. The third-order valence-corrected chi connectivity index (χ3v) is 3.86. The molecule has 0 heterocycles. The van der Waals surface area contributed by atoms with Crippen molar-refractivity contribution in [2.75, 3.05) is 28.7 Å². The van der Waals surface area contributed by atoms with Crippen LogP contribution in [0, 0.1) is 0 Å². The van der Waals surface area contributed by atoms with Crippen molar-refractivity contribution >= 4 is 40.8 Å². The Morgan fingerprint density at radius 3 is 1.93 bits per heavy atom. The molecule has 0 spiro atoms. The van der Waals surface area contributed by atoms with Gasteiger partial charge in [0.25, 0.3) is 0 Å². The molecule has 8 nitrogen and oxygen atoms in total. The highest BCUT2D eigenvalue weighted by molar-refractivity contribution is 6.02. The predicted molar refractivity (Wildman–Crippen MR) is 110 cm³/mol. The van der Waals surface area contributed by atoms with Crippen LogP contribution in [0.3, 0.4) is 0 Å². The van der Waals surface area contributed by atoms with Gasteiger partial charge in [0, 0.05) is 30.9 Å². The number of rotatable bonds is 7. The molecule has 0 unspecified atom stereocenters. The van der Waals surface area contributed by atoms with E-state index in [1.807, 2.05) is 0 Å². The van der Waals surface area contributed by atoms with Crippen LogP contribution < -0.4 is 15.5 Å². The summed E-state index contributed by atoms with van der Waals surface area (Å²) in [7, 11) is 0. The lowest BCUT2D eigenvalue weighted by Crippen LogP contribution is -2.36. The zero-order valence-corrected chi connectivity index (χ0v) is 16.5. The molecule has 0 bridgehead atoms. The largest absolute Gasteiger partial charge is 0.462 e. The molecular formula is C21H23N3O5. The smallest absolute Gasteiger partial charge is 0.338 e. The van der Waals surface area contributed by atoms with E-state index in [-0.39, 0.29) is 25.0 Å². The first-order valence-electron chi connectivity index (χ1n) is 9.03. The summed E-state index contributed by atoms with van der Waals surface area (Å²) in [6.45, 7) is 4.58. The maximum absolute atomic E-state index is 12.4. The maximum Gasteiger partial charge on any atom is 0.338 e. The third kappa shape index (κ3) is 6.46. The molecule has 0 aromatic heterocycles. The fourth-order valence-electron chi connectivity index (χ4n) is 2.56. The van der Waals surface area contributed by atoms with E-state index in [9.17, 15) is 19.2 Å². The first-order chi connectivity index (χ1) is 13.8. The Bertz CT molecular complexity index is 892. The van der Waals surface area contributed by atoms with E-state index < -0.39 is 11.9 Å². The molecule has 29 heavy (non-hydrogen) atoms. The van der Waals surface area contributed by atoms with Gasteiger partial charge in [-0.05, 0) is 55.5 Å². The van der Waals surface area contributed by atoms with E-state index in [1.165, 1.54) is 18.7 Å². The first-order valence-corrected chi connectivity index (χ1v) is 9.03. The number of benzene rings is 2. The molecule has 0 fully saturated rings. The van der Waals surface area contributed by atoms with E-state index >= 15 is 0 Å². The Balaban J connectivity index is 2.03. The van der Waals surface area contributed by atoms with E-state index in [0.717, 1.165) is 0 Å². The quantitative estimate of drug-likeness (QED) is 0.699. The molecule has 2 N–H and O–H groups in total. The number of amides is 3. The van der Waals surface area contributed by atoms with Gasteiger partial charge in [-0.1, -0.05) is 0 Å². The molecule has 0 aliphatic heterocycles. The second kappa shape index (κ2) is 10.0. The van der Waals surface area contributed by atoms with Crippen LogP contribution in [0.15, 0.2) is 48.5 Å². The van der Waals surface area contributed by atoms with Crippen molar-refractivity contribution in [2.45, 2.75) is 20.8 Å². The number of hydrogen-bond donors (Lipinski definition) is 2. The molecule has 8 heteroatoms. The lowest BCUT2D eigenvalue weighted by atomic mass is 10.2. The van der Waals surface area contributed by atoms with Crippen molar-refractivity contribution in [3.63, 3.8) is 0 Å². The summed E-state index contributed by atoms with van der Waals surface area (Å²) >= 11 is 0. The van der Waals surface area contributed by atoms with E-state index in [1.54, 1.807) is 55.5 Å². The monoisotopic (exact) mass is 397 g/mol. The van der Waals surface area contributed by atoms with Crippen LogP contribution in [-0.4, -0.2) is 36.8 Å². The lowest BCUT2D eigenvalue weighted by molar-refractivity contribution is -0.120. The fourth-order valence-corrected chi connectivity index (χ4v) is 2.56. The Kier molecular flexibility index (Phi) is 7.47. The van der Waals surface area contributed by atoms with Crippen LogP contribution in [0.5, 0.6) is 0 Å². The molecule has 0 radical (unpaired) electrons. The summed E-state index contributed by atoms with van der Waals surface area (Å²) in [4.78, 5) is 48.5. The van der Waals surface area contributed by atoms with Crippen LogP contribution in [0.2, 0.25) is 0 Å². The van der Waals surface area contributed by atoms with Gasteiger partial charge in [0.1, 0.15) is 6.54 Å². The number of nitrogens with one attached hydrogen (secondary N) is 2. The SMILES string of the molecule is CCOC(=O)c1ccc(NC(=O)CN(C(C)=O)c2ccc(NC(C)=O)cc2)cc1. The number of nitrogens with zero attached hydrogens (tertiary/aromatic N) is 1. The summed E-state index contributed by atoms with van der Waals surface area (Å²) in [6.07, 6.45) is 0. The number of hydrogen-bond acceptors (Lipinski definition) is 5. The normalized spacial score (nSPS) is 10.0. The van der Waals surface area contributed by atoms with Crippen molar-refractivity contribution in [3.8, 4) is 0 Å². The summed E-state index contributed by atoms with van der Waals surface area (Å²) in [6, 6.07) is 12.9. The molecule has 0 saturated carbocycles. The number of carbonyl (C=O) groups is 4. The molecular weight excluding hydrogens is 374 g/mol. The van der Waals surface area contributed by atoms with Crippen LogP contribution in [0.1, 0.15) is 31.1 Å². The molecule has 0 atom stereocenters. The van der Waals surface area contributed by atoms with Crippen LogP contribution in [0.25, 0.3) is 0 Å². The Morgan fingerprint density at radius 2 is 1.41 bits per heavy atom. The average Bonchev–Trinajstić information content (AvgIpc) is 2.67. The van der Waals surface area contributed by atoms with Crippen LogP contribution >= 0.6 is 0 Å². The fraction of sp³-hybridized carbons (Fsp3) is 0.238. The molecule has 0 aliphatic carbocycles. The molecule has 0 aliphatic rings. The third-order valence-electron chi connectivity index (χ3n) is 3.86. The first kappa shape index (κ1) is 21.6. The lowest BCUT2D eigenvalue weighted by Gasteiger charge is -2.21. The van der Waals surface area contributed by atoms with Gasteiger partial charge in [0.15, 0.2) is 0 Å². The highest BCUT2D eigenvalue weighted by Crippen LogP contribution is 2.19. The van der Waals surface area contributed by atoms with Crippen molar-refractivity contribution in [3.05, 3.63) is 54.1 Å². The van der Waals surface area contributed by atoms with Gasteiger partial charge in [0.05, 0.1) is 12.2 Å². The zero-order valence-electron chi connectivity index (χ0n) is 16.5. The van der Waals surface area contributed by atoms with E-state index in [0.29, 0.717) is 22.6 Å². The summed E-state index contributed by atoms with van der Waals surface area (Å²) < 4.78 is 4.91. The van der Waals surface area contributed by atoms with Gasteiger partial charge >= 0.3 is 5.97 Å². The zero-order chi connectivity index (χ0) is 21.4. The standard InChI is InChI=1S/C21H23N3O5/c1-4-29-21(28)16-5-7-18(8-6-16)23-20(27)13-24(15(3)26)19-11-9-17(10-12-19)22-14(2)25/h5-12H,4,13H2,1-3H3,(H,22,25)(H,23,27). The summed E-state index contributed by atoms with van der Waals surface area (Å²) in [5.41, 5.74) is 2.00. The van der Waals surface area contributed by atoms with Gasteiger partial charge in [-0.25, -0.2) is 4.79 Å². The minimum Gasteiger partial charge on any atom is -0.462 e. The van der Waals surface area contributed by atoms with E-state index in [2.05, 4.69) is 10.6 Å². The van der Waals surface area contributed by atoms with Crippen molar-refractivity contribution in [2.24, 2.45) is 0 Å². The topological polar surface area (TPSA) is 105 Å². The Hall–Kier alpha value is -3.68. The number of carbonyl (C=O) groups excluding carboxylic acids is 4. The van der Waals surface area contributed by atoms with Crippen molar-refractivity contribution < 1.29 is 23.9 Å². The van der Waals surface area contributed by atoms with Gasteiger partial charge < -0.3 is 20.3 Å². The second-order valence-corrected chi connectivity index (χ2v) is 6.18. The minimum atomic E-state index is -0.434. The van der Waals surface area contributed by atoms with Crippen molar-refractivity contribution in [1.82, 2.24) is 0 Å². The summed E-state index contributed by atoms with van der Waals surface area (Å²) in [5.74, 6) is -1.33. The van der Waals surface area contributed by atoms with Gasteiger partial charge in [-0.3, -0.25) is 14.4 Å². The molecule has 2 rings (SSSR count). The summed E-state index contributed by atoms with van der Waals surface area (Å²) in [5, 5.41) is 5.33. The van der Waals surface area contributed by atoms with Crippen LogP contribution in [0.4, 0.5) is 17.1 Å². The minimum absolute atomic E-state index is 0.186. The number of esters is 1. The van der Waals surface area contributed by atoms with Gasteiger partial charge in [-0.15, -0.1) is 0 Å². The molecule has 0 saturated heterocycles. The predicted octanol–water partition coefficient (Wildman–Crippen LogP) is 2.81. The Morgan fingerprint density at radius 1 is 0.862 bits per heavy atom. The highest BCUT2D eigenvalue weighted by Gasteiger charge is 2.16. The maximum atomic E-state index is 12.4. The highest BCUT2D eigenvalue weighted by atomic mass is 16.5. The van der Waals surface area contributed by atoms with Gasteiger partial charge in [0.2, 0.25) is 17.7 Å². The van der Waals surface area contributed by atoms with Crippen LogP contribution in [-0.2, 0) is 19.1 Å². The second-order valence-electron chi connectivity index (χ2n) is 6.18. The number of anilines is 3. The average molecular weight is 397 g/mol. The molecule has 152 valence electrons. The van der Waals surface area contributed by atoms with E-state index in [4.69, 9.17) is 4.74 Å². The molecule has 2 aromatic rings. The van der Waals surface area contributed by atoms with Crippen molar-refractivity contribution in [1.29, 1.82) is 0 Å². The van der Waals surface area contributed by atoms with Gasteiger partial charge in [-0.2, -0.15) is 0 Å².